The number of anilines is 3. The summed E-state index contributed by atoms with van der Waals surface area (Å²) >= 11 is 2.58. The van der Waals surface area contributed by atoms with Crippen molar-refractivity contribution in [2.45, 2.75) is 13.1 Å². The molecule has 25 heavy (non-hydrogen) atoms. The summed E-state index contributed by atoms with van der Waals surface area (Å²) < 4.78 is 43.9. The molecule has 3 rings (SSSR count). The summed E-state index contributed by atoms with van der Waals surface area (Å²) in [6.45, 7) is 1.82. The molecule has 1 aromatic carbocycles. The smallest absolute Gasteiger partial charge is 0.416 e. The Morgan fingerprint density at radius 3 is 2.60 bits per heavy atom. The van der Waals surface area contributed by atoms with Crippen LogP contribution in [-0.2, 0) is 6.18 Å². The van der Waals surface area contributed by atoms with Crippen molar-refractivity contribution in [1.82, 2.24) is 9.97 Å². The lowest BCUT2D eigenvalue weighted by Gasteiger charge is -2.13. The Morgan fingerprint density at radius 2 is 2.00 bits per heavy atom. The molecule has 0 fully saturated rings. The molecule has 0 aliphatic rings. The third-order valence-electron chi connectivity index (χ3n) is 3.32. The number of nitrogen functional groups attached to an aromatic ring is 1. The van der Waals surface area contributed by atoms with Crippen LogP contribution >= 0.6 is 22.7 Å². The molecule has 0 saturated heterocycles. The zero-order valence-corrected chi connectivity index (χ0v) is 14.8. The maximum Gasteiger partial charge on any atom is 0.416 e. The molecule has 3 aromatic rings. The van der Waals surface area contributed by atoms with Gasteiger partial charge in [-0.2, -0.15) is 13.2 Å². The number of methoxy groups -OCH3 is 1. The van der Waals surface area contributed by atoms with Crippen molar-refractivity contribution in [3.63, 3.8) is 0 Å². The van der Waals surface area contributed by atoms with E-state index in [9.17, 15) is 13.2 Å². The first-order valence-corrected chi connectivity index (χ1v) is 8.68. The van der Waals surface area contributed by atoms with Gasteiger partial charge in [0.25, 0.3) is 0 Å². The van der Waals surface area contributed by atoms with Crippen LogP contribution in [0.3, 0.4) is 0 Å². The summed E-state index contributed by atoms with van der Waals surface area (Å²) in [5.41, 5.74) is 6.55. The van der Waals surface area contributed by atoms with Gasteiger partial charge in [0.05, 0.1) is 34.6 Å². The van der Waals surface area contributed by atoms with E-state index in [1.54, 1.807) is 5.38 Å². The van der Waals surface area contributed by atoms with Crippen LogP contribution in [0.15, 0.2) is 23.6 Å². The van der Waals surface area contributed by atoms with E-state index in [1.807, 2.05) is 6.92 Å². The lowest BCUT2D eigenvalue weighted by Crippen LogP contribution is -2.06. The minimum atomic E-state index is -4.44. The van der Waals surface area contributed by atoms with Crippen LogP contribution < -0.4 is 15.8 Å². The van der Waals surface area contributed by atoms with E-state index in [0.717, 1.165) is 22.7 Å². The zero-order valence-electron chi connectivity index (χ0n) is 13.1. The predicted molar refractivity (Wildman–Crippen MR) is 93.7 cm³/mol. The number of rotatable bonds is 4. The fourth-order valence-corrected chi connectivity index (χ4v) is 3.77. The van der Waals surface area contributed by atoms with Gasteiger partial charge in [0.15, 0.2) is 10.3 Å². The molecule has 0 radical (unpaired) electrons. The van der Waals surface area contributed by atoms with Crippen LogP contribution in [0, 0.1) is 6.92 Å². The van der Waals surface area contributed by atoms with E-state index >= 15 is 0 Å². The number of alkyl halides is 3. The van der Waals surface area contributed by atoms with E-state index in [0.29, 0.717) is 21.7 Å². The third-order valence-corrected chi connectivity index (χ3v) is 5.09. The number of nitrogens with one attached hydrogen (secondary N) is 1. The molecule has 2 aromatic heterocycles. The number of halogens is 3. The minimum absolute atomic E-state index is 0.193. The second-order valence-corrected chi connectivity index (χ2v) is 6.93. The van der Waals surface area contributed by atoms with Crippen LogP contribution in [0.1, 0.15) is 11.3 Å². The largest absolute Gasteiger partial charge is 0.495 e. The number of hydrogen-bond acceptors (Lipinski definition) is 7. The highest BCUT2D eigenvalue weighted by molar-refractivity contribution is 7.19. The van der Waals surface area contributed by atoms with Gasteiger partial charge in [-0.1, -0.05) is 11.3 Å². The molecule has 132 valence electrons. The number of thiazole rings is 2. The SMILES string of the molecule is COc1ccc(C(F)(F)F)cc1Nc1nc(-c2sc(N)nc2C)cs1. The number of benzene rings is 1. The van der Waals surface area contributed by atoms with Crippen molar-refractivity contribution in [1.29, 1.82) is 0 Å². The summed E-state index contributed by atoms with van der Waals surface area (Å²) in [6.07, 6.45) is -4.44. The first-order valence-electron chi connectivity index (χ1n) is 6.99. The van der Waals surface area contributed by atoms with E-state index in [1.165, 1.54) is 35.8 Å². The third kappa shape index (κ3) is 3.69. The van der Waals surface area contributed by atoms with Gasteiger partial charge in [-0.25, -0.2) is 9.97 Å². The fourth-order valence-electron chi connectivity index (χ4n) is 2.19. The van der Waals surface area contributed by atoms with Crippen molar-refractivity contribution >= 4 is 38.6 Å². The average Bonchev–Trinajstić information content (AvgIpc) is 3.12. The van der Waals surface area contributed by atoms with Crippen molar-refractivity contribution < 1.29 is 17.9 Å². The number of aryl methyl sites for hydroxylation is 1. The van der Waals surface area contributed by atoms with E-state index in [2.05, 4.69) is 15.3 Å². The van der Waals surface area contributed by atoms with Gasteiger partial charge in [0.1, 0.15) is 5.75 Å². The Bertz CT molecular complexity index is 905. The Hall–Kier alpha value is -2.33. The lowest BCUT2D eigenvalue weighted by atomic mass is 10.2. The summed E-state index contributed by atoms with van der Waals surface area (Å²) in [5.74, 6) is 0.294. The molecule has 0 aliphatic heterocycles. The number of nitrogens with two attached hydrogens (primary N) is 1. The standard InChI is InChI=1S/C15H13F3N4OS2/c1-7-12(25-13(19)20-7)10-6-24-14(22-10)21-9-5-8(15(16,17)18)3-4-11(9)23-2/h3-6H,1-2H3,(H2,19,20)(H,21,22). The predicted octanol–water partition coefficient (Wildman–Crippen LogP) is 4.93. The molecule has 3 N–H and O–H groups in total. The Morgan fingerprint density at radius 1 is 1.24 bits per heavy atom. The van der Waals surface area contributed by atoms with Crippen LogP contribution in [0.5, 0.6) is 5.75 Å². The van der Waals surface area contributed by atoms with E-state index in [4.69, 9.17) is 10.5 Å². The molecular weight excluding hydrogens is 373 g/mol. The molecule has 5 nitrogen and oxygen atoms in total. The van der Waals surface area contributed by atoms with Crippen LogP contribution in [0.25, 0.3) is 10.6 Å². The molecule has 0 unspecified atom stereocenters. The second-order valence-electron chi connectivity index (χ2n) is 5.04. The fraction of sp³-hybridized carbons (Fsp3) is 0.200. The first kappa shape index (κ1) is 17.5. The first-order chi connectivity index (χ1) is 11.8. The summed E-state index contributed by atoms with van der Waals surface area (Å²) in [5, 5.41) is 5.56. The highest BCUT2D eigenvalue weighted by Gasteiger charge is 2.31. The molecule has 0 bridgehead atoms. The van der Waals surface area contributed by atoms with Crippen LogP contribution in [0.4, 0.5) is 29.1 Å². The minimum Gasteiger partial charge on any atom is -0.495 e. The highest BCUT2D eigenvalue weighted by atomic mass is 32.1. The monoisotopic (exact) mass is 386 g/mol. The van der Waals surface area contributed by atoms with Crippen molar-refractivity contribution in [3.8, 4) is 16.3 Å². The number of hydrogen-bond donors (Lipinski definition) is 2. The highest BCUT2D eigenvalue weighted by Crippen LogP contribution is 2.38. The molecule has 10 heteroatoms. The number of nitrogens with zero attached hydrogens (tertiary/aromatic N) is 2. The van der Waals surface area contributed by atoms with Crippen LogP contribution in [0.2, 0.25) is 0 Å². The summed E-state index contributed by atoms with van der Waals surface area (Å²) in [6, 6.07) is 3.24. The molecule has 0 aliphatic carbocycles. The van der Waals surface area contributed by atoms with Gasteiger partial charge >= 0.3 is 6.18 Å². The van der Waals surface area contributed by atoms with Gasteiger partial charge in [-0.05, 0) is 25.1 Å². The summed E-state index contributed by atoms with van der Waals surface area (Å²) in [7, 11) is 1.39. The van der Waals surface area contributed by atoms with Crippen LogP contribution in [-0.4, -0.2) is 17.1 Å². The average molecular weight is 386 g/mol. The maximum atomic E-state index is 12.9. The van der Waals surface area contributed by atoms with Gasteiger partial charge in [0.2, 0.25) is 0 Å². The van der Waals surface area contributed by atoms with Gasteiger partial charge in [0, 0.05) is 5.38 Å². The Kier molecular flexibility index (Phi) is 4.56. The number of aromatic nitrogens is 2. The molecule has 0 spiro atoms. The second kappa shape index (κ2) is 6.52. The zero-order chi connectivity index (χ0) is 18.2. The molecule has 2 heterocycles. The summed E-state index contributed by atoms with van der Waals surface area (Å²) in [4.78, 5) is 9.38. The van der Waals surface area contributed by atoms with E-state index < -0.39 is 11.7 Å². The molecule has 0 atom stereocenters. The van der Waals surface area contributed by atoms with Gasteiger partial charge in [-0.3, -0.25) is 0 Å². The van der Waals surface area contributed by atoms with Crippen molar-refractivity contribution in [2.24, 2.45) is 0 Å². The Balaban J connectivity index is 1.91. The maximum absolute atomic E-state index is 12.9. The Labute approximate surface area is 149 Å². The van der Waals surface area contributed by atoms with E-state index in [-0.39, 0.29) is 5.69 Å². The molecule has 0 saturated carbocycles. The van der Waals surface area contributed by atoms with Gasteiger partial charge in [-0.15, -0.1) is 11.3 Å². The lowest BCUT2D eigenvalue weighted by molar-refractivity contribution is -0.137. The normalized spacial score (nSPS) is 11.6. The topological polar surface area (TPSA) is 73.1 Å². The molecular formula is C15H13F3N4OS2. The van der Waals surface area contributed by atoms with Crippen molar-refractivity contribution in [2.75, 3.05) is 18.2 Å². The van der Waals surface area contributed by atoms with Gasteiger partial charge < -0.3 is 15.8 Å². The molecule has 0 amide bonds. The quantitative estimate of drug-likeness (QED) is 0.665. The number of ether oxygens (including phenoxy) is 1. The van der Waals surface area contributed by atoms with Crippen molar-refractivity contribution in [3.05, 3.63) is 34.8 Å².